The standard InChI is InChI=1S/C20H42O4/c1-15(2)23-17(5)13-19(7,8)21-11-12-22-20(9,10)14-18(6)24-16(3)4/h15-18H,11-14H2,1-10H3. The van der Waals surface area contributed by atoms with Gasteiger partial charge in [0.1, 0.15) is 0 Å². The Bertz CT molecular complexity index is 292. The SMILES string of the molecule is CC(C)OC(C)CC(C)(C)OCCOC(C)(C)CC(C)OC(C)C. The summed E-state index contributed by atoms with van der Waals surface area (Å²) in [5.41, 5.74) is -0.425. The first-order valence-electron chi connectivity index (χ1n) is 9.42. The fourth-order valence-electron chi connectivity index (χ4n) is 3.16. The Morgan fingerprint density at radius 3 is 1.12 bits per heavy atom. The maximum absolute atomic E-state index is 6.01. The summed E-state index contributed by atoms with van der Waals surface area (Å²) in [5.74, 6) is 0. The van der Waals surface area contributed by atoms with Crippen LogP contribution >= 0.6 is 0 Å². The molecule has 0 aliphatic carbocycles. The fraction of sp³-hybridized carbons (Fsp3) is 1.00. The van der Waals surface area contributed by atoms with Gasteiger partial charge in [0, 0.05) is 12.8 Å². The molecule has 2 unspecified atom stereocenters. The molecule has 0 aromatic carbocycles. The van der Waals surface area contributed by atoms with Crippen molar-refractivity contribution >= 4 is 0 Å². The minimum atomic E-state index is -0.212. The third-order valence-electron chi connectivity index (χ3n) is 3.64. The van der Waals surface area contributed by atoms with Crippen molar-refractivity contribution in [3.05, 3.63) is 0 Å². The number of rotatable bonds is 13. The monoisotopic (exact) mass is 346 g/mol. The zero-order valence-corrected chi connectivity index (χ0v) is 17.8. The first-order chi connectivity index (χ1) is 10.8. The normalized spacial score (nSPS) is 16.0. The lowest BCUT2D eigenvalue weighted by atomic mass is 10.0. The molecule has 4 nitrogen and oxygen atoms in total. The summed E-state index contributed by atoms with van der Waals surface area (Å²) < 4.78 is 23.6. The second-order valence-electron chi connectivity index (χ2n) is 8.62. The largest absolute Gasteiger partial charge is 0.376 e. The molecule has 0 N–H and O–H groups in total. The van der Waals surface area contributed by atoms with E-state index in [1.807, 2.05) is 0 Å². The van der Waals surface area contributed by atoms with Crippen LogP contribution in [0.1, 0.15) is 82.1 Å². The summed E-state index contributed by atoms with van der Waals surface area (Å²) in [6.07, 6.45) is 2.60. The highest BCUT2D eigenvalue weighted by Gasteiger charge is 2.25. The van der Waals surface area contributed by atoms with E-state index < -0.39 is 0 Å². The van der Waals surface area contributed by atoms with E-state index in [9.17, 15) is 0 Å². The van der Waals surface area contributed by atoms with Crippen molar-refractivity contribution in [2.75, 3.05) is 13.2 Å². The van der Waals surface area contributed by atoms with Gasteiger partial charge < -0.3 is 18.9 Å². The molecule has 0 amide bonds. The van der Waals surface area contributed by atoms with Crippen LogP contribution in [-0.2, 0) is 18.9 Å². The number of hydrogen-bond acceptors (Lipinski definition) is 4. The van der Waals surface area contributed by atoms with Crippen molar-refractivity contribution in [2.45, 2.75) is 118 Å². The van der Waals surface area contributed by atoms with Crippen molar-refractivity contribution in [3.63, 3.8) is 0 Å². The van der Waals surface area contributed by atoms with E-state index in [-0.39, 0.29) is 35.6 Å². The van der Waals surface area contributed by atoms with E-state index in [1.165, 1.54) is 0 Å². The summed E-state index contributed by atoms with van der Waals surface area (Å²) in [6, 6.07) is 0. The van der Waals surface area contributed by atoms with Gasteiger partial charge in [0.2, 0.25) is 0 Å². The van der Waals surface area contributed by atoms with Crippen LogP contribution in [0.2, 0.25) is 0 Å². The Kier molecular flexibility index (Phi) is 10.7. The predicted molar refractivity (Wildman–Crippen MR) is 101 cm³/mol. The van der Waals surface area contributed by atoms with Crippen molar-refractivity contribution in [2.24, 2.45) is 0 Å². The Morgan fingerprint density at radius 2 is 0.875 bits per heavy atom. The Labute approximate surface area is 150 Å². The fourth-order valence-corrected chi connectivity index (χ4v) is 3.16. The van der Waals surface area contributed by atoms with Gasteiger partial charge >= 0.3 is 0 Å². The van der Waals surface area contributed by atoms with Crippen molar-refractivity contribution < 1.29 is 18.9 Å². The van der Waals surface area contributed by atoms with Gasteiger partial charge in [-0.3, -0.25) is 0 Å². The van der Waals surface area contributed by atoms with Gasteiger partial charge in [-0.05, 0) is 69.2 Å². The van der Waals surface area contributed by atoms with Crippen LogP contribution < -0.4 is 0 Å². The molecular weight excluding hydrogens is 304 g/mol. The Morgan fingerprint density at radius 1 is 0.583 bits per heavy atom. The predicted octanol–water partition coefficient (Wildman–Crippen LogP) is 4.98. The first kappa shape index (κ1) is 23.8. The van der Waals surface area contributed by atoms with E-state index in [1.54, 1.807) is 0 Å². The quantitative estimate of drug-likeness (QED) is 0.441. The molecule has 0 aliphatic heterocycles. The lowest BCUT2D eigenvalue weighted by Crippen LogP contribution is -2.35. The van der Waals surface area contributed by atoms with E-state index >= 15 is 0 Å². The third-order valence-corrected chi connectivity index (χ3v) is 3.64. The van der Waals surface area contributed by atoms with E-state index in [2.05, 4.69) is 69.2 Å². The average Bonchev–Trinajstić information content (AvgIpc) is 2.30. The van der Waals surface area contributed by atoms with E-state index in [0.717, 1.165) is 12.8 Å². The van der Waals surface area contributed by atoms with Crippen LogP contribution in [0, 0.1) is 0 Å². The van der Waals surface area contributed by atoms with Crippen LogP contribution in [0.5, 0.6) is 0 Å². The van der Waals surface area contributed by atoms with Gasteiger partial charge in [0.05, 0.1) is 48.8 Å². The topological polar surface area (TPSA) is 36.9 Å². The van der Waals surface area contributed by atoms with Gasteiger partial charge in [0.15, 0.2) is 0 Å². The molecule has 0 aromatic heterocycles. The molecule has 0 saturated carbocycles. The summed E-state index contributed by atoms with van der Waals surface area (Å²) >= 11 is 0. The second-order valence-corrected chi connectivity index (χ2v) is 8.62. The van der Waals surface area contributed by atoms with Crippen molar-refractivity contribution in [3.8, 4) is 0 Å². The van der Waals surface area contributed by atoms with E-state index in [4.69, 9.17) is 18.9 Å². The van der Waals surface area contributed by atoms with Gasteiger partial charge in [-0.1, -0.05) is 0 Å². The van der Waals surface area contributed by atoms with Gasteiger partial charge in [0.25, 0.3) is 0 Å². The maximum Gasteiger partial charge on any atom is 0.0708 e. The van der Waals surface area contributed by atoms with Crippen molar-refractivity contribution in [1.29, 1.82) is 0 Å². The van der Waals surface area contributed by atoms with Crippen LogP contribution in [0.3, 0.4) is 0 Å². The van der Waals surface area contributed by atoms with Crippen LogP contribution in [0.4, 0.5) is 0 Å². The van der Waals surface area contributed by atoms with Gasteiger partial charge in [-0.2, -0.15) is 0 Å². The molecule has 0 heterocycles. The lowest BCUT2D eigenvalue weighted by molar-refractivity contribution is -0.117. The third kappa shape index (κ3) is 13.2. The molecule has 0 bridgehead atoms. The zero-order valence-electron chi connectivity index (χ0n) is 17.8. The second kappa shape index (κ2) is 10.7. The first-order valence-corrected chi connectivity index (χ1v) is 9.42. The molecule has 146 valence electrons. The molecular formula is C20H42O4. The smallest absolute Gasteiger partial charge is 0.0708 e. The minimum absolute atomic E-state index is 0.186. The summed E-state index contributed by atoms with van der Waals surface area (Å²) in [6.45, 7) is 22.0. The number of hydrogen-bond donors (Lipinski definition) is 0. The van der Waals surface area contributed by atoms with Gasteiger partial charge in [-0.25, -0.2) is 0 Å². The molecule has 24 heavy (non-hydrogen) atoms. The van der Waals surface area contributed by atoms with Crippen molar-refractivity contribution in [1.82, 2.24) is 0 Å². The van der Waals surface area contributed by atoms with Gasteiger partial charge in [-0.15, -0.1) is 0 Å². The summed E-state index contributed by atoms with van der Waals surface area (Å²) in [7, 11) is 0. The zero-order chi connectivity index (χ0) is 19.0. The molecule has 0 aromatic rings. The summed E-state index contributed by atoms with van der Waals surface area (Å²) in [5, 5.41) is 0. The van der Waals surface area contributed by atoms with Crippen LogP contribution in [-0.4, -0.2) is 48.8 Å². The number of ether oxygens (including phenoxy) is 4. The van der Waals surface area contributed by atoms with E-state index in [0.29, 0.717) is 13.2 Å². The molecule has 0 saturated heterocycles. The molecule has 0 spiro atoms. The highest BCUT2D eigenvalue weighted by atomic mass is 16.6. The Hall–Kier alpha value is -0.160. The van der Waals surface area contributed by atoms with Crippen LogP contribution in [0.15, 0.2) is 0 Å². The molecule has 0 radical (unpaired) electrons. The lowest BCUT2D eigenvalue weighted by Gasteiger charge is -2.32. The molecule has 2 atom stereocenters. The van der Waals surface area contributed by atoms with Crippen LogP contribution in [0.25, 0.3) is 0 Å². The highest BCUT2D eigenvalue weighted by molar-refractivity contribution is 4.75. The Balaban J connectivity index is 4.08. The molecule has 0 rings (SSSR count). The molecule has 0 aliphatic rings. The average molecular weight is 347 g/mol. The molecule has 0 fully saturated rings. The summed E-state index contributed by atoms with van der Waals surface area (Å²) in [4.78, 5) is 0. The molecule has 4 heteroatoms. The minimum Gasteiger partial charge on any atom is -0.376 e. The maximum atomic E-state index is 6.01. The highest BCUT2D eigenvalue weighted by Crippen LogP contribution is 2.21.